The van der Waals surface area contributed by atoms with Crippen molar-refractivity contribution in [2.24, 2.45) is 0 Å². The van der Waals surface area contributed by atoms with Crippen LogP contribution < -0.4 is 5.32 Å². The number of amides is 3. The van der Waals surface area contributed by atoms with Crippen LogP contribution >= 0.6 is 0 Å². The Balaban J connectivity index is 1.72. The third-order valence-electron chi connectivity index (χ3n) is 5.46. The van der Waals surface area contributed by atoms with E-state index in [2.05, 4.69) is 5.32 Å². The molecule has 2 aliphatic rings. The van der Waals surface area contributed by atoms with E-state index in [1.807, 2.05) is 18.2 Å². The lowest BCUT2D eigenvalue weighted by Gasteiger charge is -2.31. The Labute approximate surface area is 163 Å². The summed E-state index contributed by atoms with van der Waals surface area (Å²) < 4.78 is 0. The molecule has 0 aliphatic carbocycles. The minimum Gasteiger partial charge on any atom is -0.480 e. The molecule has 8 heteroatoms. The van der Waals surface area contributed by atoms with Gasteiger partial charge in [-0.3, -0.25) is 19.2 Å². The SMILES string of the molecule is CC(=O)N(CC(=O)O)C1CCCN(C(=O)C2CC(=O)Nc3ccccc32)CC1. The van der Waals surface area contributed by atoms with Crippen molar-refractivity contribution >= 4 is 29.4 Å². The third kappa shape index (κ3) is 4.32. The lowest BCUT2D eigenvalue weighted by Crippen LogP contribution is -2.43. The zero-order valence-corrected chi connectivity index (χ0v) is 15.9. The standard InChI is InChI=1S/C20H25N3O5/c1-13(24)23(12-19(26)27)14-5-4-9-22(10-8-14)20(28)16-11-18(25)21-17-7-3-2-6-15(16)17/h2-3,6-7,14,16H,4-5,8-12H2,1H3,(H,21,25)(H,26,27). The van der Waals surface area contributed by atoms with Gasteiger partial charge in [0.05, 0.1) is 5.92 Å². The zero-order valence-electron chi connectivity index (χ0n) is 15.9. The highest BCUT2D eigenvalue weighted by Gasteiger charge is 2.35. The van der Waals surface area contributed by atoms with Gasteiger partial charge in [-0.05, 0) is 30.9 Å². The van der Waals surface area contributed by atoms with Crippen molar-refractivity contribution in [3.05, 3.63) is 29.8 Å². The molecule has 0 bridgehead atoms. The van der Waals surface area contributed by atoms with Crippen molar-refractivity contribution < 1.29 is 24.3 Å². The number of carboxylic acids is 1. The van der Waals surface area contributed by atoms with Crippen LogP contribution in [-0.2, 0) is 19.2 Å². The van der Waals surface area contributed by atoms with Crippen LogP contribution in [0, 0.1) is 0 Å². The number of aliphatic carboxylic acids is 1. The number of nitrogens with zero attached hydrogens (tertiary/aromatic N) is 2. The molecule has 1 aromatic carbocycles. The van der Waals surface area contributed by atoms with E-state index < -0.39 is 11.9 Å². The van der Waals surface area contributed by atoms with E-state index in [-0.39, 0.29) is 36.7 Å². The summed E-state index contributed by atoms with van der Waals surface area (Å²) in [4.78, 5) is 51.3. The molecule has 1 aromatic rings. The summed E-state index contributed by atoms with van der Waals surface area (Å²) in [5.74, 6) is -2.09. The molecule has 150 valence electrons. The number of hydrogen-bond acceptors (Lipinski definition) is 4. The number of carbonyl (C=O) groups is 4. The van der Waals surface area contributed by atoms with Crippen LogP contribution in [0.15, 0.2) is 24.3 Å². The van der Waals surface area contributed by atoms with Gasteiger partial charge in [-0.2, -0.15) is 0 Å². The first-order valence-corrected chi connectivity index (χ1v) is 9.53. The quantitative estimate of drug-likeness (QED) is 0.813. The Morgan fingerprint density at radius 3 is 2.68 bits per heavy atom. The third-order valence-corrected chi connectivity index (χ3v) is 5.46. The zero-order chi connectivity index (χ0) is 20.3. The van der Waals surface area contributed by atoms with Gasteiger partial charge in [-0.15, -0.1) is 0 Å². The lowest BCUT2D eigenvalue weighted by molar-refractivity contribution is -0.145. The average molecular weight is 387 g/mol. The molecule has 0 spiro atoms. The normalized spacial score (nSPS) is 21.9. The molecule has 28 heavy (non-hydrogen) atoms. The maximum absolute atomic E-state index is 13.2. The molecule has 3 amide bonds. The molecule has 3 rings (SSSR count). The molecule has 0 aromatic heterocycles. The summed E-state index contributed by atoms with van der Waals surface area (Å²) in [6.45, 7) is 2.01. The van der Waals surface area contributed by atoms with E-state index in [1.54, 1.807) is 11.0 Å². The number of fused-ring (bicyclic) bond motifs is 1. The van der Waals surface area contributed by atoms with Crippen LogP contribution in [0.5, 0.6) is 0 Å². The fraction of sp³-hybridized carbons (Fsp3) is 0.500. The molecular weight excluding hydrogens is 362 g/mol. The van der Waals surface area contributed by atoms with E-state index in [0.717, 1.165) is 5.56 Å². The Bertz CT molecular complexity index is 794. The van der Waals surface area contributed by atoms with Gasteiger partial charge in [0, 0.05) is 38.2 Å². The average Bonchev–Trinajstić information content (AvgIpc) is 2.90. The predicted molar refractivity (Wildman–Crippen MR) is 102 cm³/mol. The van der Waals surface area contributed by atoms with Crippen LogP contribution in [0.4, 0.5) is 5.69 Å². The van der Waals surface area contributed by atoms with Gasteiger partial charge in [-0.1, -0.05) is 18.2 Å². The van der Waals surface area contributed by atoms with Gasteiger partial charge < -0.3 is 20.2 Å². The fourth-order valence-electron chi connectivity index (χ4n) is 4.11. The van der Waals surface area contributed by atoms with Crippen LogP contribution in [-0.4, -0.2) is 64.3 Å². The first kappa shape index (κ1) is 19.9. The number of para-hydroxylation sites is 1. The minimum atomic E-state index is -1.04. The molecule has 1 saturated heterocycles. The second kappa shape index (κ2) is 8.41. The summed E-state index contributed by atoms with van der Waals surface area (Å²) in [6, 6.07) is 7.13. The predicted octanol–water partition coefficient (Wildman–Crippen LogP) is 1.43. The van der Waals surface area contributed by atoms with E-state index >= 15 is 0 Å². The Morgan fingerprint density at radius 1 is 1.21 bits per heavy atom. The number of carboxylic acid groups (broad SMARTS) is 1. The Hall–Kier alpha value is -2.90. The monoisotopic (exact) mass is 387 g/mol. The van der Waals surface area contributed by atoms with Crippen molar-refractivity contribution in [1.29, 1.82) is 0 Å². The molecule has 2 aliphatic heterocycles. The van der Waals surface area contributed by atoms with Crippen LogP contribution in [0.25, 0.3) is 0 Å². The molecule has 2 atom stereocenters. The Morgan fingerprint density at radius 2 is 1.96 bits per heavy atom. The first-order valence-electron chi connectivity index (χ1n) is 9.53. The minimum absolute atomic E-state index is 0.0874. The molecule has 2 unspecified atom stereocenters. The van der Waals surface area contributed by atoms with Gasteiger partial charge in [-0.25, -0.2) is 0 Å². The highest BCUT2D eigenvalue weighted by molar-refractivity contribution is 6.01. The number of hydrogen-bond donors (Lipinski definition) is 2. The van der Waals surface area contributed by atoms with E-state index in [9.17, 15) is 19.2 Å². The molecular formula is C20H25N3O5. The molecule has 8 nitrogen and oxygen atoms in total. The van der Waals surface area contributed by atoms with Crippen molar-refractivity contribution in [2.45, 2.75) is 44.6 Å². The highest BCUT2D eigenvalue weighted by atomic mass is 16.4. The van der Waals surface area contributed by atoms with E-state index in [4.69, 9.17) is 5.11 Å². The maximum Gasteiger partial charge on any atom is 0.323 e. The molecule has 0 radical (unpaired) electrons. The lowest BCUT2D eigenvalue weighted by atomic mass is 9.89. The second-order valence-corrected chi connectivity index (χ2v) is 7.34. The van der Waals surface area contributed by atoms with Crippen molar-refractivity contribution in [3.8, 4) is 0 Å². The Kier molecular flexibility index (Phi) is 5.96. The fourth-order valence-corrected chi connectivity index (χ4v) is 4.11. The molecule has 0 saturated carbocycles. The van der Waals surface area contributed by atoms with Crippen molar-refractivity contribution in [2.75, 3.05) is 25.0 Å². The van der Waals surface area contributed by atoms with Gasteiger partial charge in [0.15, 0.2) is 0 Å². The van der Waals surface area contributed by atoms with Crippen molar-refractivity contribution in [3.63, 3.8) is 0 Å². The van der Waals surface area contributed by atoms with Gasteiger partial charge in [0.1, 0.15) is 6.54 Å². The summed E-state index contributed by atoms with van der Waals surface area (Å²) >= 11 is 0. The number of nitrogens with one attached hydrogen (secondary N) is 1. The topological polar surface area (TPSA) is 107 Å². The van der Waals surface area contributed by atoms with Gasteiger partial charge >= 0.3 is 5.97 Å². The number of likely N-dealkylation sites (tertiary alicyclic amines) is 1. The van der Waals surface area contributed by atoms with Gasteiger partial charge in [0.2, 0.25) is 17.7 Å². The van der Waals surface area contributed by atoms with Gasteiger partial charge in [0.25, 0.3) is 0 Å². The number of rotatable bonds is 4. The molecule has 2 N–H and O–H groups in total. The summed E-state index contributed by atoms with van der Waals surface area (Å²) in [7, 11) is 0. The summed E-state index contributed by atoms with van der Waals surface area (Å²) in [5.41, 5.74) is 1.50. The molecule has 1 fully saturated rings. The van der Waals surface area contributed by atoms with Crippen molar-refractivity contribution in [1.82, 2.24) is 9.80 Å². The largest absolute Gasteiger partial charge is 0.480 e. The molecule has 2 heterocycles. The number of anilines is 1. The van der Waals surface area contributed by atoms with E-state index in [1.165, 1.54) is 11.8 Å². The maximum atomic E-state index is 13.2. The summed E-state index contributed by atoms with van der Waals surface area (Å²) in [5, 5.41) is 11.9. The summed E-state index contributed by atoms with van der Waals surface area (Å²) in [6.07, 6.45) is 1.98. The number of carbonyl (C=O) groups excluding carboxylic acids is 3. The first-order chi connectivity index (χ1) is 13.4. The number of benzene rings is 1. The van der Waals surface area contributed by atoms with Crippen LogP contribution in [0.2, 0.25) is 0 Å². The second-order valence-electron chi connectivity index (χ2n) is 7.34. The highest BCUT2D eigenvalue weighted by Crippen LogP contribution is 2.34. The van der Waals surface area contributed by atoms with Crippen LogP contribution in [0.3, 0.4) is 0 Å². The van der Waals surface area contributed by atoms with Crippen LogP contribution in [0.1, 0.15) is 44.1 Å². The van der Waals surface area contributed by atoms with E-state index in [0.29, 0.717) is 38.0 Å². The smallest absolute Gasteiger partial charge is 0.323 e.